The Morgan fingerprint density at radius 2 is 2.05 bits per heavy atom. The van der Waals surface area contributed by atoms with E-state index >= 15 is 0 Å². The number of imidazole rings is 1. The predicted octanol–water partition coefficient (Wildman–Crippen LogP) is 1.43. The fraction of sp³-hybridized carbons (Fsp3) is 0.143. The van der Waals surface area contributed by atoms with Crippen molar-refractivity contribution in [2.24, 2.45) is 7.05 Å². The minimum Gasteiger partial charge on any atom is -0.381 e. The lowest BCUT2D eigenvalue weighted by atomic mass is 10.3. The first-order chi connectivity index (χ1) is 10.6. The second-order valence-corrected chi connectivity index (χ2v) is 4.79. The lowest BCUT2D eigenvalue weighted by molar-refractivity contribution is 0.768. The van der Waals surface area contributed by atoms with E-state index in [4.69, 9.17) is 5.73 Å². The predicted molar refractivity (Wildman–Crippen MR) is 82.9 cm³/mol. The van der Waals surface area contributed by atoms with Gasteiger partial charge in [-0.3, -0.25) is 14.2 Å². The molecule has 0 atom stereocenters. The van der Waals surface area contributed by atoms with Crippen LogP contribution in [0.15, 0.2) is 43.2 Å². The molecule has 0 spiro atoms. The van der Waals surface area contributed by atoms with Gasteiger partial charge in [-0.2, -0.15) is 10.2 Å². The van der Waals surface area contributed by atoms with Crippen molar-refractivity contribution in [3.05, 3.63) is 48.9 Å². The summed E-state index contributed by atoms with van der Waals surface area (Å²) in [5.41, 5.74) is 9.47. The number of nitrogens with one attached hydrogen (secondary N) is 1. The Balaban J connectivity index is 0.000000202. The minimum atomic E-state index is 0.428. The molecule has 0 aliphatic rings. The molecule has 0 amide bonds. The van der Waals surface area contributed by atoms with Gasteiger partial charge in [-0.05, 0) is 13.0 Å². The van der Waals surface area contributed by atoms with Gasteiger partial charge >= 0.3 is 0 Å². The van der Waals surface area contributed by atoms with E-state index in [1.165, 1.54) is 0 Å². The number of H-pyrrole nitrogens is 1. The van der Waals surface area contributed by atoms with Crippen molar-refractivity contribution in [1.29, 1.82) is 0 Å². The van der Waals surface area contributed by atoms with Gasteiger partial charge in [-0.25, -0.2) is 9.97 Å². The summed E-state index contributed by atoms with van der Waals surface area (Å²) < 4.78 is 3.65. The van der Waals surface area contributed by atoms with Crippen LogP contribution in [-0.4, -0.2) is 34.3 Å². The van der Waals surface area contributed by atoms with Crippen LogP contribution in [0.2, 0.25) is 0 Å². The molecule has 0 radical (unpaired) electrons. The topological polar surface area (TPSA) is 103 Å². The summed E-state index contributed by atoms with van der Waals surface area (Å²) in [6, 6.07) is 1.92. The van der Waals surface area contributed by atoms with E-state index in [0.717, 1.165) is 17.0 Å². The molecule has 112 valence electrons. The summed E-state index contributed by atoms with van der Waals surface area (Å²) in [6.07, 6.45) is 10.7. The van der Waals surface area contributed by atoms with Crippen LogP contribution in [0.4, 0.5) is 5.82 Å². The zero-order valence-corrected chi connectivity index (χ0v) is 12.3. The highest BCUT2D eigenvalue weighted by Gasteiger charge is 2.09. The van der Waals surface area contributed by atoms with Crippen LogP contribution in [0, 0.1) is 6.92 Å². The number of nitrogens with two attached hydrogens (primary N) is 1. The number of nitrogen functional groups attached to an aromatic ring is 1. The van der Waals surface area contributed by atoms with E-state index in [1.54, 1.807) is 29.5 Å². The van der Waals surface area contributed by atoms with Crippen molar-refractivity contribution in [2.45, 2.75) is 6.92 Å². The van der Waals surface area contributed by atoms with Gasteiger partial charge in [-0.15, -0.1) is 0 Å². The molecule has 0 aliphatic carbocycles. The first-order valence-corrected chi connectivity index (χ1v) is 6.67. The fourth-order valence-corrected chi connectivity index (χ4v) is 2.03. The average molecular weight is 296 g/mol. The highest BCUT2D eigenvalue weighted by Crippen LogP contribution is 2.21. The quantitative estimate of drug-likeness (QED) is 0.553. The van der Waals surface area contributed by atoms with Gasteiger partial charge in [0, 0.05) is 43.1 Å². The lowest BCUT2D eigenvalue weighted by Crippen LogP contribution is -1.96. The number of aromatic amines is 1. The van der Waals surface area contributed by atoms with E-state index in [0.29, 0.717) is 11.5 Å². The largest absolute Gasteiger partial charge is 0.381 e. The van der Waals surface area contributed by atoms with Crippen LogP contribution < -0.4 is 5.73 Å². The van der Waals surface area contributed by atoms with Crippen LogP contribution >= 0.6 is 0 Å². The van der Waals surface area contributed by atoms with Crippen molar-refractivity contribution in [3.63, 3.8) is 0 Å². The SMILES string of the molecule is Cc1ccn[nH]1.Cn1cc(-c2cnc3c(N)nccn23)cn1. The third-order valence-corrected chi connectivity index (χ3v) is 3.10. The minimum absolute atomic E-state index is 0.428. The zero-order chi connectivity index (χ0) is 15.5. The molecular weight excluding hydrogens is 280 g/mol. The third-order valence-electron chi connectivity index (χ3n) is 3.10. The summed E-state index contributed by atoms with van der Waals surface area (Å²) in [6.45, 7) is 1.97. The number of aryl methyl sites for hydroxylation is 2. The molecule has 0 unspecified atom stereocenters. The van der Waals surface area contributed by atoms with Crippen molar-refractivity contribution in [1.82, 2.24) is 34.3 Å². The van der Waals surface area contributed by atoms with Crippen LogP contribution in [0.5, 0.6) is 0 Å². The van der Waals surface area contributed by atoms with Gasteiger partial charge in [0.1, 0.15) is 0 Å². The molecule has 0 saturated heterocycles. The summed E-state index contributed by atoms with van der Waals surface area (Å²) in [7, 11) is 1.88. The van der Waals surface area contributed by atoms with Crippen molar-refractivity contribution in [3.8, 4) is 11.3 Å². The molecule has 0 aliphatic heterocycles. The Bertz CT molecular complexity index is 871. The van der Waals surface area contributed by atoms with Crippen LogP contribution in [0.25, 0.3) is 16.9 Å². The molecule has 22 heavy (non-hydrogen) atoms. The maximum Gasteiger partial charge on any atom is 0.180 e. The Morgan fingerprint density at radius 1 is 1.18 bits per heavy atom. The monoisotopic (exact) mass is 296 g/mol. The number of anilines is 1. The summed E-state index contributed by atoms with van der Waals surface area (Å²) in [5, 5.41) is 10.6. The van der Waals surface area contributed by atoms with Crippen LogP contribution in [0.1, 0.15) is 5.69 Å². The van der Waals surface area contributed by atoms with Crippen molar-refractivity contribution >= 4 is 11.5 Å². The maximum absolute atomic E-state index is 5.74. The third kappa shape index (κ3) is 2.66. The van der Waals surface area contributed by atoms with Gasteiger partial charge in [0.25, 0.3) is 0 Å². The average Bonchev–Trinajstić information content (AvgIpc) is 3.21. The van der Waals surface area contributed by atoms with Gasteiger partial charge < -0.3 is 5.73 Å². The second-order valence-electron chi connectivity index (χ2n) is 4.79. The molecule has 0 saturated carbocycles. The smallest absolute Gasteiger partial charge is 0.180 e. The van der Waals surface area contributed by atoms with Gasteiger partial charge in [-0.1, -0.05) is 0 Å². The molecule has 0 bridgehead atoms. The molecule has 0 aromatic carbocycles. The van der Waals surface area contributed by atoms with Crippen molar-refractivity contribution in [2.75, 3.05) is 5.73 Å². The zero-order valence-electron chi connectivity index (χ0n) is 12.3. The number of rotatable bonds is 1. The molecule has 0 fully saturated rings. The van der Waals surface area contributed by atoms with Crippen LogP contribution in [-0.2, 0) is 7.05 Å². The van der Waals surface area contributed by atoms with E-state index in [-0.39, 0.29) is 0 Å². The second kappa shape index (κ2) is 5.68. The first kappa shape index (κ1) is 13.8. The Hall–Kier alpha value is -3.16. The summed E-state index contributed by atoms with van der Waals surface area (Å²) in [4.78, 5) is 8.24. The van der Waals surface area contributed by atoms with Gasteiger partial charge in [0.05, 0.1) is 18.1 Å². The van der Waals surface area contributed by atoms with Gasteiger partial charge in [0.2, 0.25) is 0 Å². The number of fused-ring (bicyclic) bond motifs is 1. The van der Waals surface area contributed by atoms with E-state index in [2.05, 4.69) is 25.3 Å². The summed E-state index contributed by atoms with van der Waals surface area (Å²) in [5.74, 6) is 0.428. The summed E-state index contributed by atoms with van der Waals surface area (Å²) >= 11 is 0. The molecular formula is C14H16N8. The van der Waals surface area contributed by atoms with E-state index < -0.39 is 0 Å². The Labute approximate surface area is 126 Å². The molecule has 4 rings (SSSR count). The molecule has 4 heterocycles. The standard InChI is InChI=1S/C10H10N6.C4H6N2/c1-15-6-7(4-14-15)8-5-13-10-9(11)12-2-3-16(8)10;1-4-2-3-5-6-4/h2-6H,1H3,(H2,11,12);2-3H,1H3,(H,5,6). The number of hydrogen-bond donors (Lipinski definition) is 2. The Kier molecular flexibility index (Phi) is 3.57. The number of aromatic nitrogens is 7. The number of nitrogens with zero attached hydrogens (tertiary/aromatic N) is 6. The van der Waals surface area contributed by atoms with Crippen molar-refractivity contribution < 1.29 is 0 Å². The fourth-order valence-electron chi connectivity index (χ4n) is 2.03. The Morgan fingerprint density at radius 3 is 2.64 bits per heavy atom. The van der Waals surface area contributed by atoms with E-state index in [1.807, 2.05) is 36.8 Å². The first-order valence-electron chi connectivity index (χ1n) is 6.67. The van der Waals surface area contributed by atoms with E-state index in [9.17, 15) is 0 Å². The van der Waals surface area contributed by atoms with Gasteiger partial charge in [0.15, 0.2) is 11.5 Å². The molecule has 4 aromatic heterocycles. The lowest BCUT2D eigenvalue weighted by Gasteiger charge is -1.99. The normalized spacial score (nSPS) is 10.5. The number of hydrogen-bond acceptors (Lipinski definition) is 5. The molecule has 8 nitrogen and oxygen atoms in total. The molecule has 8 heteroatoms. The highest BCUT2D eigenvalue weighted by atomic mass is 15.2. The maximum atomic E-state index is 5.74. The molecule has 4 aromatic rings. The highest BCUT2D eigenvalue weighted by molar-refractivity contribution is 5.68. The molecule has 3 N–H and O–H groups in total. The van der Waals surface area contributed by atoms with Crippen LogP contribution in [0.3, 0.4) is 0 Å².